The SMILES string of the molecule is CCN1CCN(C(=O)C2CCCOC2)CC1. The maximum atomic E-state index is 12.2. The van der Waals surface area contributed by atoms with Gasteiger partial charge in [0.15, 0.2) is 0 Å². The Morgan fingerprint density at radius 1 is 1.31 bits per heavy atom. The van der Waals surface area contributed by atoms with Gasteiger partial charge in [0.2, 0.25) is 5.91 Å². The van der Waals surface area contributed by atoms with Gasteiger partial charge < -0.3 is 14.5 Å². The summed E-state index contributed by atoms with van der Waals surface area (Å²) in [4.78, 5) is 16.6. The average Bonchev–Trinajstić information content (AvgIpc) is 2.39. The zero-order chi connectivity index (χ0) is 11.4. The summed E-state index contributed by atoms with van der Waals surface area (Å²) in [6.45, 7) is 8.55. The molecule has 0 aliphatic carbocycles. The Kier molecular flexibility index (Phi) is 4.18. The van der Waals surface area contributed by atoms with E-state index < -0.39 is 0 Å². The molecule has 2 aliphatic heterocycles. The van der Waals surface area contributed by atoms with Crippen LogP contribution in [0.2, 0.25) is 0 Å². The summed E-state index contributed by atoms with van der Waals surface area (Å²) in [5.74, 6) is 0.442. The van der Waals surface area contributed by atoms with Crippen LogP contribution in [0.5, 0.6) is 0 Å². The van der Waals surface area contributed by atoms with Gasteiger partial charge >= 0.3 is 0 Å². The van der Waals surface area contributed by atoms with Crippen LogP contribution in [0.3, 0.4) is 0 Å². The lowest BCUT2D eigenvalue weighted by atomic mass is 10.0. The number of hydrogen-bond acceptors (Lipinski definition) is 3. The van der Waals surface area contributed by atoms with Crippen LogP contribution >= 0.6 is 0 Å². The van der Waals surface area contributed by atoms with Gasteiger partial charge in [-0.15, -0.1) is 0 Å². The van der Waals surface area contributed by atoms with E-state index in [0.717, 1.165) is 52.2 Å². The van der Waals surface area contributed by atoms with Crippen LogP contribution in [-0.2, 0) is 9.53 Å². The lowest BCUT2D eigenvalue weighted by Gasteiger charge is -2.36. The zero-order valence-electron chi connectivity index (χ0n) is 10.2. The number of carbonyl (C=O) groups is 1. The van der Waals surface area contributed by atoms with E-state index in [1.54, 1.807) is 0 Å². The van der Waals surface area contributed by atoms with Crippen LogP contribution < -0.4 is 0 Å². The molecule has 2 rings (SSSR count). The summed E-state index contributed by atoms with van der Waals surface area (Å²) >= 11 is 0. The highest BCUT2D eigenvalue weighted by molar-refractivity contribution is 5.79. The molecule has 1 atom stereocenters. The number of nitrogens with zero attached hydrogens (tertiary/aromatic N) is 2. The molecule has 0 N–H and O–H groups in total. The fraction of sp³-hybridized carbons (Fsp3) is 0.917. The quantitative estimate of drug-likeness (QED) is 0.690. The molecule has 2 saturated heterocycles. The second-order valence-corrected chi connectivity index (χ2v) is 4.67. The Morgan fingerprint density at radius 2 is 2.06 bits per heavy atom. The van der Waals surface area contributed by atoms with Crippen molar-refractivity contribution < 1.29 is 9.53 Å². The molecule has 0 saturated carbocycles. The number of piperazine rings is 1. The van der Waals surface area contributed by atoms with Gasteiger partial charge in [-0.25, -0.2) is 0 Å². The molecule has 0 bridgehead atoms. The van der Waals surface area contributed by atoms with Crippen molar-refractivity contribution in [2.45, 2.75) is 19.8 Å². The average molecular weight is 226 g/mol. The molecular weight excluding hydrogens is 204 g/mol. The van der Waals surface area contributed by atoms with Crippen LogP contribution in [0, 0.1) is 5.92 Å². The molecule has 1 amide bonds. The molecule has 0 spiro atoms. The van der Waals surface area contributed by atoms with Crippen molar-refractivity contribution >= 4 is 5.91 Å². The second-order valence-electron chi connectivity index (χ2n) is 4.67. The number of ether oxygens (including phenoxy) is 1. The second kappa shape index (κ2) is 5.64. The Balaban J connectivity index is 1.81. The number of rotatable bonds is 2. The van der Waals surface area contributed by atoms with Crippen LogP contribution in [0.15, 0.2) is 0 Å². The van der Waals surface area contributed by atoms with E-state index >= 15 is 0 Å². The molecule has 4 heteroatoms. The van der Waals surface area contributed by atoms with Crippen LogP contribution in [0.25, 0.3) is 0 Å². The molecule has 0 aromatic rings. The van der Waals surface area contributed by atoms with Gasteiger partial charge in [0.25, 0.3) is 0 Å². The summed E-state index contributed by atoms with van der Waals surface area (Å²) in [6, 6.07) is 0. The number of carbonyl (C=O) groups excluding carboxylic acids is 1. The Labute approximate surface area is 97.5 Å². The van der Waals surface area contributed by atoms with Crippen LogP contribution in [0.1, 0.15) is 19.8 Å². The van der Waals surface area contributed by atoms with Crippen molar-refractivity contribution in [3.63, 3.8) is 0 Å². The monoisotopic (exact) mass is 226 g/mol. The highest BCUT2D eigenvalue weighted by Crippen LogP contribution is 2.17. The molecule has 92 valence electrons. The largest absolute Gasteiger partial charge is 0.381 e. The summed E-state index contributed by atoms with van der Waals surface area (Å²) in [7, 11) is 0. The minimum atomic E-state index is 0.127. The normalized spacial score (nSPS) is 28.1. The third-order valence-electron chi connectivity index (χ3n) is 3.64. The maximum Gasteiger partial charge on any atom is 0.228 e. The van der Waals surface area contributed by atoms with E-state index in [4.69, 9.17) is 4.74 Å². The molecule has 0 aromatic carbocycles. The lowest BCUT2D eigenvalue weighted by molar-refractivity contribution is -0.141. The Hall–Kier alpha value is -0.610. The number of amides is 1. The first-order valence-electron chi connectivity index (χ1n) is 6.40. The highest BCUT2D eigenvalue weighted by atomic mass is 16.5. The fourth-order valence-electron chi connectivity index (χ4n) is 2.48. The van der Waals surface area contributed by atoms with Gasteiger partial charge in [-0.1, -0.05) is 6.92 Å². The first kappa shape index (κ1) is 11.9. The van der Waals surface area contributed by atoms with Crippen LogP contribution in [0.4, 0.5) is 0 Å². The van der Waals surface area contributed by atoms with Gasteiger partial charge in [-0.3, -0.25) is 4.79 Å². The van der Waals surface area contributed by atoms with Crippen molar-refractivity contribution in [2.75, 3.05) is 45.9 Å². The third kappa shape index (κ3) is 2.74. The summed E-state index contributed by atoms with van der Waals surface area (Å²) in [5.41, 5.74) is 0. The Bertz CT molecular complexity index is 231. The molecule has 0 radical (unpaired) electrons. The smallest absolute Gasteiger partial charge is 0.228 e. The van der Waals surface area contributed by atoms with Gasteiger partial charge in [-0.05, 0) is 19.4 Å². The maximum absolute atomic E-state index is 12.2. The van der Waals surface area contributed by atoms with Crippen LogP contribution in [-0.4, -0.2) is 61.6 Å². The zero-order valence-corrected chi connectivity index (χ0v) is 10.2. The number of hydrogen-bond donors (Lipinski definition) is 0. The van der Waals surface area contributed by atoms with E-state index in [0.29, 0.717) is 12.5 Å². The summed E-state index contributed by atoms with van der Waals surface area (Å²) < 4.78 is 5.38. The molecule has 2 fully saturated rings. The molecule has 4 nitrogen and oxygen atoms in total. The Morgan fingerprint density at radius 3 is 2.62 bits per heavy atom. The first-order valence-corrected chi connectivity index (χ1v) is 6.40. The molecule has 2 aliphatic rings. The molecule has 0 aromatic heterocycles. The van der Waals surface area contributed by atoms with E-state index in [1.807, 2.05) is 4.90 Å². The third-order valence-corrected chi connectivity index (χ3v) is 3.64. The van der Waals surface area contributed by atoms with Crippen molar-refractivity contribution in [1.29, 1.82) is 0 Å². The van der Waals surface area contributed by atoms with E-state index in [2.05, 4.69) is 11.8 Å². The molecular formula is C12H22N2O2. The molecule has 2 heterocycles. The van der Waals surface area contributed by atoms with E-state index in [9.17, 15) is 4.79 Å². The predicted octanol–water partition coefficient (Wildman–Crippen LogP) is 0.577. The molecule has 1 unspecified atom stereocenters. The summed E-state index contributed by atoms with van der Waals surface area (Å²) in [5, 5.41) is 0. The van der Waals surface area contributed by atoms with Crippen molar-refractivity contribution in [1.82, 2.24) is 9.80 Å². The minimum Gasteiger partial charge on any atom is -0.381 e. The summed E-state index contributed by atoms with van der Waals surface area (Å²) in [6.07, 6.45) is 2.04. The highest BCUT2D eigenvalue weighted by Gasteiger charge is 2.28. The molecule has 16 heavy (non-hydrogen) atoms. The topological polar surface area (TPSA) is 32.8 Å². The van der Waals surface area contributed by atoms with E-state index in [-0.39, 0.29) is 5.92 Å². The van der Waals surface area contributed by atoms with Crippen molar-refractivity contribution in [3.05, 3.63) is 0 Å². The van der Waals surface area contributed by atoms with Gasteiger partial charge in [0, 0.05) is 32.8 Å². The minimum absolute atomic E-state index is 0.127. The van der Waals surface area contributed by atoms with Crippen molar-refractivity contribution in [2.24, 2.45) is 5.92 Å². The standard InChI is InChI=1S/C12H22N2O2/c1-2-13-5-7-14(8-6-13)12(15)11-4-3-9-16-10-11/h11H,2-10H2,1H3. The first-order chi connectivity index (χ1) is 7.81. The van der Waals surface area contributed by atoms with Gasteiger partial charge in [-0.2, -0.15) is 0 Å². The van der Waals surface area contributed by atoms with Crippen molar-refractivity contribution in [3.8, 4) is 0 Å². The predicted molar refractivity (Wildman–Crippen MR) is 62.2 cm³/mol. The van der Waals surface area contributed by atoms with Gasteiger partial charge in [0.05, 0.1) is 12.5 Å². The van der Waals surface area contributed by atoms with Gasteiger partial charge in [0.1, 0.15) is 0 Å². The number of likely N-dealkylation sites (N-methyl/N-ethyl adjacent to an activating group) is 1. The fourth-order valence-corrected chi connectivity index (χ4v) is 2.48. The van der Waals surface area contributed by atoms with E-state index in [1.165, 1.54) is 0 Å². The lowest BCUT2D eigenvalue weighted by Crippen LogP contribution is -2.51.